The van der Waals surface area contributed by atoms with Gasteiger partial charge in [-0.15, -0.1) is 0 Å². The number of anilines is 2. The highest BCUT2D eigenvalue weighted by Gasteiger charge is 2.11. The van der Waals surface area contributed by atoms with Crippen molar-refractivity contribution in [1.29, 1.82) is 0 Å². The molecule has 0 saturated carbocycles. The minimum Gasteiger partial charge on any atom is -0.397 e. The van der Waals surface area contributed by atoms with Gasteiger partial charge in [-0.05, 0) is 18.2 Å². The Balaban J connectivity index is 2.20. The first-order valence-electron chi connectivity index (χ1n) is 4.92. The van der Waals surface area contributed by atoms with E-state index in [-0.39, 0.29) is 5.91 Å². The van der Waals surface area contributed by atoms with Crippen molar-refractivity contribution in [3.05, 3.63) is 41.3 Å². The normalized spacial score (nSPS) is 10.2. The van der Waals surface area contributed by atoms with Gasteiger partial charge >= 0.3 is 0 Å². The molecule has 0 aliphatic rings. The highest BCUT2D eigenvalue weighted by molar-refractivity contribution is 6.29. The Bertz CT molecular complexity index is 564. The van der Waals surface area contributed by atoms with Gasteiger partial charge in [0.05, 0.1) is 5.69 Å². The van der Waals surface area contributed by atoms with Gasteiger partial charge in [0.15, 0.2) is 0 Å². The van der Waals surface area contributed by atoms with E-state index in [0.29, 0.717) is 22.4 Å². The molecule has 0 aliphatic carbocycles. The first kappa shape index (κ1) is 11.5. The molecule has 5 nitrogen and oxygen atoms in total. The van der Waals surface area contributed by atoms with Gasteiger partial charge in [0.1, 0.15) is 16.7 Å². The summed E-state index contributed by atoms with van der Waals surface area (Å²) in [6, 6.07) is 6.61. The Kier molecular flexibility index (Phi) is 3.01. The van der Waals surface area contributed by atoms with E-state index in [0.717, 1.165) is 0 Å². The lowest BCUT2D eigenvalue weighted by atomic mass is 10.3. The molecule has 6 heteroatoms. The Morgan fingerprint density at radius 1 is 1.53 bits per heavy atom. The predicted molar refractivity (Wildman–Crippen MR) is 67.0 cm³/mol. The first-order valence-corrected chi connectivity index (χ1v) is 5.30. The number of nitrogens with one attached hydrogen (secondary N) is 1. The molecular weight excluding hydrogens is 240 g/mol. The number of nitrogen functional groups attached to an aromatic ring is 1. The highest BCUT2D eigenvalue weighted by atomic mass is 35.5. The maximum Gasteiger partial charge on any atom is 0.273 e. The lowest BCUT2D eigenvalue weighted by molar-refractivity contribution is 0.101. The molecule has 2 aromatic heterocycles. The smallest absolute Gasteiger partial charge is 0.273 e. The zero-order valence-electron chi connectivity index (χ0n) is 9.14. The lowest BCUT2D eigenvalue weighted by Crippen LogP contribution is -2.16. The summed E-state index contributed by atoms with van der Waals surface area (Å²) in [5.41, 5.74) is 6.60. The molecular formula is C11H11ClN4O. The second-order valence-electron chi connectivity index (χ2n) is 3.57. The van der Waals surface area contributed by atoms with Crippen LogP contribution in [0.1, 0.15) is 10.5 Å². The largest absolute Gasteiger partial charge is 0.397 e. The van der Waals surface area contributed by atoms with Crippen LogP contribution in [0.15, 0.2) is 30.5 Å². The molecule has 3 N–H and O–H groups in total. The molecule has 2 rings (SSSR count). The highest BCUT2D eigenvalue weighted by Crippen LogP contribution is 2.13. The number of pyridine rings is 1. The van der Waals surface area contributed by atoms with Crippen LogP contribution < -0.4 is 11.1 Å². The average molecular weight is 251 g/mol. The number of amides is 1. The van der Waals surface area contributed by atoms with Crippen LogP contribution in [0.25, 0.3) is 0 Å². The summed E-state index contributed by atoms with van der Waals surface area (Å²) < 4.78 is 1.65. The third-order valence-electron chi connectivity index (χ3n) is 2.22. The Morgan fingerprint density at radius 2 is 2.29 bits per heavy atom. The van der Waals surface area contributed by atoms with E-state index in [9.17, 15) is 4.79 Å². The Hall–Kier alpha value is -2.01. The fraction of sp³-hybridized carbons (Fsp3) is 0.0909. The minimum atomic E-state index is -0.279. The molecule has 0 atom stereocenters. The van der Waals surface area contributed by atoms with Gasteiger partial charge in [0.25, 0.3) is 5.91 Å². The summed E-state index contributed by atoms with van der Waals surface area (Å²) in [5, 5.41) is 2.97. The van der Waals surface area contributed by atoms with Gasteiger partial charge in [-0.1, -0.05) is 17.7 Å². The molecule has 88 valence electrons. The van der Waals surface area contributed by atoms with Gasteiger partial charge in [-0.25, -0.2) is 4.98 Å². The van der Waals surface area contributed by atoms with Crippen LogP contribution in [0.3, 0.4) is 0 Å². The lowest BCUT2D eigenvalue weighted by Gasteiger charge is -2.05. The fourth-order valence-corrected chi connectivity index (χ4v) is 1.64. The number of aromatic nitrogens is 2. The number of aryl methyl sites for hydroxylation is 1. The molecule has 0 aromatic carbocycles. The number of rotatable bonds is 2. The predicted octanol–water partition coefficient (Wildman–Crippen LogP) is 1.91. The maximum atomic E-state index is 11.9. The van der Waals surface area contributed by atoms with E-state index in [2.05, 4.69) is 10.3 Å². The number of halogens is 1. The van der Waals surface area contributed by atoms with Crippen molar-refractivity contribution in [2.45, 2.75) is 0 Å². The van der Waals surface area contributed by atoms with E-state index in [1.54, 1.807) is 42.1 Å². The monoisotopic (exact) mass is 250 g/mol. The summed E-state index contributed by atoms with van der Waals surface area (Å²) in [5.74, 6) is 0.126. The summed E-state index contributed by atoms with van der Waals surface area (Å²) in [7, 11) is 1.75. The molecule has 17 heavy (non-hydrogen) atoms. The minimum absolute atomic E-state index is 0.279. The van der Waals surface area contributed by atoms with Crippen LogP contribution in [-0.2, 0) is 7.05 Å². The maximum absolute atomic E-state index is 11.9. The molecule has 0 unspecified atom stereocenters. The third-order valence-corrected chi connectivity index (χ3v) is 2.43. The zero-order valence-corrected chi connectivity index (χ0v) is 9.90. The van der Waals surface area contributed by atoms with Gasteiger partial charge < -0.3 is 15.6 Å². The van der Waals surface area contributed by atoms with Gasteiger partial charge in [-0.3, -0.25) is 4.79 Å². The number of nitrogens with zero attached hydrogens (tertiary/aromatic N) is 2. The number of nitrogens with two attached hydrogens (primary N) is 1. The van der Waals surface area contributed by atoms with Crippen molar-refractivity contribution in [3.63, 3.8) is 0 Å². The summed E-state index contributed by atoms with van der Waals surface area (Å²) in [4.78, 5) is 15.9. The number of carbonyl (C=O) groups excluding carboxylic acids is 1. The SMILES string of the molecule is Cn1cc(N)cc1C(=O)Nc1cccc(Cl)n1. The van der Waals surface area contributed by atoms with Crippen molar-refractivity contribution in [2.24, 2.45) is 7.05 Å². The fourth-order valence-electron chi connectivity index (χ4n) is 1.47. The number of hydrogen-bond acceptors (Lipinski definition) is 3. The van der Waals surface area contributed by atoms with Crippen LogP contribution >= 0.6 is 11.6 Å². The molecule has 0 bridgehead atoms. The second kappa shape index (κ2) is 4.47. The molecule has 2 aromatic rings. The summed E-state index contributed by atoms with van der Waals surface area (Å²) >= 11 is 5.72. The standard InChI is InChI=1S/C11H11ClN4O/c1-16-6-7(13)5-8(16)11(17)15-10-4-2-3-9(12)14-10/h2-6H,13H2,1H3,(H,14,15,17). The van der Waals surface area contributed by atoms with Crippen molar-refractivity contribution in [2.75, 3.05) is 11.1 Å². The summed E-state index contributed by atoms with van der Waals surface area (Å²) in [6.45, 7) is 0. The van der Waals surface area contributed by atoms with Gasteiger partial charge in [0.2, 0.25) is 0 Å². The van der Waals surface area contributed by atoms with Crippen molar-refractivity contribution in [3.8, 4) is 0 Å². The van der Waals surface area contributed by atoms with Crippen LogP contribution in [0.5, 0.6) is 0 Å². The van der Waals surface area contributed by atoms with E-state index < -0.39 is 0 Å². The second-order valence-corrected chi connectivity index (χ2v) is 3.96. The Morgan fingerprint density at radius 3 is 2.88 bits per heavy atom. The van der Waals surface area contributed by atoms with Crippen molar-refractivity contribution < 1.29 is 4.79 Å². The molecule has 0 spiro atoms. The molecule has 1 amide bonds. The van der Waals surface area contributed by atoms with Crippen molar-refractivity contribution >= 4 is 29.0 Å². The van der Waals surface area contributed by atoms with E-state index in [1.807, 2.05) is 0 Å². The van der Waals surface area contributed by atoms with Gasteiger partial charge in [0, 0.05) is 13.2 Å². The first-order chi connectivity index (χ1) is 8.06. The van der Waals surface area contributed by atoms with E-state index in [1.165, 1.54) is 0 Å². The van der Waals surface area contributed by atoms with Crippen LogP contribution in [0.4, 0.5) is 11.5 Å². The molecule has 0 aliphatic heterocycles. The van der Waals surface area contributed by atoms with Gasteiger partial charge in [-0.2, -0.15) is 0 Å². The number of carbonyl (C=O) groups is 1. The van der Waals surface area contributed by atoms with E-state index in [4.69, 9.17) is 17.3 Å². The zero-order chi connectivity index (χ0) is 12.4. The Labute approximate surface area is 103 Å². The van der Waals surface area contributed by atoms with Crippen LogP contribution in [0.2, 0.25) is 5.15 Å². The molecule has 2 heterocycles. The number of hydrogen-bond donors (Lipinski definition) is 2. The molecule has 0 saturated heterocycles. The van der Waals surface area contributed by atoms with E-state index >= 15 is 0 Å². The van der Waals surface area contributed by atoms with Crippen LogP contribution in [-0.4, -0.2) is 15.5 Å². The third kappa shape index (κ3) is 2.57. The summed E-state index contributed by atoms with van der Waals surface area (Å²) in [6.07, 6.45) is 1.67. The molecule has 0 radical (unpaired) electrons. The topological polar surface area (TPSA) is 72.9 Å². The van der Waals surface area contributed by atoms with Crippen LogP contribution in [0, 0.1) is 0 Å². The molecule has 0 fully saturated rings. The van der Waals surface area contributed by atoms with Crippen molar-refractivity contribution in [1.82, 2.24) is 9.55 Å². The quantitative estimate of drug-likeness (QED) is 0.800. The average Bonchev–Trinajstić information content (AvgIpc) is 2.58.